The van der Waals surface area contributed by atoms with Gasteiger partial charge in [-0.15, -0.1) is 0 Å². The molecule has 0 spiro atoms. The van der Waals surface area contributed by atoms with E-state index in [1.807, 2.05) is 30.3 Å². The molecule has 1 N–H and O–H groups in total. The minimum absolute atomic E-state index is 0.00504. The van der Waals surface area contributed by atoms with E-state index in [1.165, 1.54) is 24.1 Å². The predicted octanol–water partition coefficient (Wildman–Crippen LogP) is 4.30. The lowest BCUT2D eigenvalue weighted by Gasteiger charge is -2.34. The Morgan fingerprint density at radius 2 is 1.59 bits per heavy atom. The highest BCUT2D eigenvalue weighted by atomic mass is 32.2. The maximum atomic E-state index is 14.1. The van der Waals surface area contributed by atoms with Gasteiger partial charge in [0, 0.05) is 19.0 Å². The summed E-state index contributed by atoms with van der Waals surface area (Å²) < 4.78 is 45.6. The van der Waals surface area contributed by atoms with E-state index in [9.17, 15) is 22.4 Å². The molecule has 1 aliphatic rings. The number of anilines is 1. The molecule has 4 rings (SSSR count). The first-order chi connectivity index (χ1) is 19.6. The quantitative estimate of drug-likeness (QED) is 0.344. The molecule has 1 atom stereocenters. The molecule has 3 aromatic carbocycles. The van der Waals surface area contributed by atoms with E-state index in [0.29, 0.717) is 17.0 Å². The van der Waals surface area contributed by atoms with Crippen LogP contribution < -0.4 is 14.4 Å². The summed E-state index contributed by atoms with van der Waals surface area (Å²) in [5.41, 5.74) is 1.76. The maximum Gasteiger partial charge on any atom is 0.244 e. The van der Waals surface area contributed by atoms with Crippen LogP contribution in [0.3, 0.4) is 0 Å². The number of hydrogen-bond acceptors (Lipinski definition) is 5. The van der Waals surface area contributed by atoms with Crippen molar-refractivity contribution < 1.29 is 27.1 Å². The first-order valence-corrected chi connectivity index (χ1v) is 15.5. The fourth-order valence-electron chi connectivity index (χ4n) is 5.07. The lowest BCUT2D eigenvalue weighted by Crippen LogP contribution is -2.54. The van der Waals surface area contributed by atoms with Crippen LogP contribution in [0.25, 0.3) is 0 Å². The van der Waals surface area contributed by atoms with Crippen LogP contribution in [0, 0.1) is 5.82 Å². The molecule has 1 saturated carbocycles. The van der Waals surface area contributed by atoms with Gasteiger partial charge >= 0.3 is 0 Å². The SMILES string of the molecule is COc1ccc(N(CC(=O)N(Cc2ccc(F)cc2)[C@@H](Cc2ccccc2)C(=O)NC2CCCC2)S(C)(=O)=O)cc1. The smallest absolute Gasteiger partial charge is 0.244 e. The third-order valence-corrected chi connectivity index (χ3v) is 8.42. The Labute approximate surface area is 241 Å². The van der Waals surface area contributed by atoms with E-state index in [2.05, 4.69) is 5.32 Å². The van der Waals surface area contributed by atoms with Crippen LogP contribution in [0.2, 0.25) is 0 Å². The van der Waals surface area contributed by atoms with Gasteiger partial charge in [-0.25, -0.2) is 12.8 Å². The number of sulfonamides is 1. The summed E-state index contributed by atoms with van der Waals surface area (Å²) in [6, 6.07) is 20.5. The van der Waals surface area contributed by atoms with Crippen molar-refractivity contribution in [3.63, 3.8) is 0 Å². The molecule has 0 radical (unpaired) electrons. The lowest BCUT2D eigenvalue weighted by molar-refractivity contribution is -0.140. The van der Waals surface area contributed by atoms with Gasteiger partial charge in [-0.3, -0.25) is 13.9 Å². The van der Waals surface area contributed by atoms with Crippen LogP contribution >= 0.6 is 0 Å². The largest absolute Gasteiger partial charge is 0.497 e. The van der Waals surface area contributed by atoms with Gasteiger partial charge in [-0.2, -0.15) is 0 Å². The average Bonchev–Trinajstić information content (AvgIpc) is 3.47. The van der Waals surface area contributed by atoms with E-state index in [4.69, 9.17) is 4.74 Å². The summed E-state index contributed by atoms with van der Waals surface area (Å²) in [4.78, 5) is 29.3. The molecule has 8 nitrogen and oxygen atoms in total. The van der Waals surface area contributed by atoms with Crippen molar-refractivity contribution in [2.24, 2.45) is 0 Å². The predicted molar refractivity (Wildman–Crippen MR) is 156 cm³/mol. The number of ether oxygens (including phenoxy) is 1. The molecule has 0 aromatic heterocycles. The summed E-state index contributed by atoms with van der Waals surface area (Å²) in [5, 5.41) is 3.12. The van der Waals surface area contributed by atoms with Crippen molar-refractivity contribution in [2.45, 2.75) is 50.7 Å². The highest BCUT2D eigenvalue weighted by molar-refractivity contribution is 7.92. The van der Waals surface area contributed by atoms with Gasteiger partial charge in [0.1, 0.15) is 24.2 Å². The van der Waals surface area contributed by atoms with Gasteiger partial charge in [0.15, 0.2) is 0 Å². The van der Waals surface area contributed by atoms with Crippen molar-refractivity contribution in [1.29, 1.82) is 0 Å². The van der Waals surface area contributed by atoms with Crippen LogP contribution in [0.15, 0.2) is 78.9 Å². The Bertz CT molecular complexity index is 1410. The van der Waals surface area contributed by atoms with Gasteiger partial charge in [0.05, 0.1) is 19.1 Å². The molecule has 10 heteroatoms. The Hall–Kier alpha value is -3.92. The second kappa shape index (κ2) is 13.6. The highest BCUT2D eigenvalue weighted by Gasteiger charge is 2.34. The van der Waals surface area contributed by atoms with E-state index in [0.717, 1.165) is 41.8 Å². The van der Waals surface area contributed by atoms with Crippen LogP contribution in [0.5, 0.6) is 5.75 Å². The number of amides is 2. The first kappa shape index (κ1) is 30.0. The molecule has 41 heavy (non-hydrogen) atoms. The molecule has 3 aromatic rings. The number of rotatable bonds is 12. The molecule has 0 heterocycles. The molecule has 2 amide bonds. The topological polar surface area (TPSA) is 96.0 Å². The second-order valence-corrected chi connectivity index (χ2v) is 12.2. The molecular formula is C31H36FN3O5S. The monoisotopic (exact) mass is 581 g/mol. The van der Waals surface area contributed by atoms with Gasteiger partial charge in [0.2, 0.25) is 21.8 Å². The third-order valence-electron chi connectivity index (χ3n) is 7.28. The Morgan fingerprint density at radius 1 is 0.951 bits per heavy atom. The number of methoxy groups -OCH3 is 1. The molecule has 0 saturated heterocycles. The van der Waals surface area contributed by atoms with Crippen LogP contribution in [0.1, 0.15) is 36.8 Å². The van der Waals surface area contributed by atoms with Crippen molar-refractivity contribution >= 4 is 27.5 Å². The van der Waals surface area contributed by atoms with E-state index in [1.54, 1.807) is 36.4 Å². The molecule has 0 aliphatic heterocycles. The molecule has 1 fully saturated rings. The number of carbonyl (C=O) groups excluding carboxylic acids is 2. The van der Waals surface area contributed by atoms with Gasteiger partial charge < -0.3 is 15.0 Å². The number of nitrogens with one attached hydrogen (secondary N) is 1. The maximum absolute atomic E-state index is 14.1. The summed E-state index contributed by atoms with van der Waals surface area (Å²) in [6.07, 6.45) is 5.05. The summed E-state index contributed by atoms with van der Waals surface area (Å²) in [6.45, 7) is -0.525. The van der Waals surface area contributed by atoms with Gasteiger partial charge in [-0.1, -0.05) is 55.3 Å². The fraction of sp³-hybridized carbons (Fsp3) is 0.355. The average molecular weight is 582 g/mol. The van der Waals surface area contributed by atoms with Gasteiger partial charge in [0.25, 0.3) is 0 Å². The zero-order chi connectivity index (χ0) is 29.4. The summed E-state index contributed by atoms with van der Waals surface area (Å²) >= 11 is 0. The summed E-state index contributed by atoms with van der Waals surface area (Å²) in [5.74, 6) is -0.739. The zero-order valence-electron chi connectivity index (χ0n) is 23.3. The lowest BCUT2D eigenvalue weighted by atomic mass is 10.0. The van der Waals surface area contributed by atoms with Crippen LogP contribution in [-0.4, -0.2) is 57.1 Å². The first-order valence-electron chi connectivity index (χ1n) is 13.6. The van der Waals surface area contributed by atoms with E-state index >= 15 is 0 Å². The second-order valence-electron chi connectivity index (χ2n) is 10.3. The minimum Gasteiger partial charge on any atom is -0.497 e. The number of hydrogen-bond donors (Lipinski definition) is 1. The number of benzene rings is 3. The van der Waals surface area contributed by atoms with Crippen molar-refractivity contribution in [1.82, 2.24) is 10.2 Å². The van der Waals surface area contributed by atoms with E-state index in [-0.39, 0.29) is 24.9 Å². The van der Waals surface area contributed by atoms with Crippen LogP contribution in [-0.2, 0) is 32.6 Å². The third kappa shape index (κ3) is 8.29. The Balaban J connectivity index is 1.71. The molecular weight excluding hydrogens is 545 g/mol. The Morgan fingerprint density at radius 3 is 2.17 bits per heavy atom. The van der Waals surface area contributed by atoms with Crippen molar-refractivity contribution in [3.05, 3.63) is 95.8 Å². The van der Waals surface area contributed by atoms with Crippen LogP contribution in [0.4, 0.5) is 10.1 Å². The van der Waals surface area contributed by atoms with Gasteiger partial charge in [-0.05, 0) is 60.4 Å². The molecule has 0 bridgehead atoms. The van der Waals surface area contributed by atoms with Crippen molar-refractivity contribution in [3.8, 4) is 5.75 Å². The standard InChI is InChI=1S/C31H36FN3O5S/c1-40-28-18-16-27(17-19-28)35(41(2,38)39)22-30(36)34(21-24-12-14-25(32)15-13-24)29(20-23-8-4-3-5-9-23)31(37)33-26-10-6-7-11-26/h3-5,8-9,12-19,26,29H,6-7,10-11,20-22H2,1-2H3,(H,33,37)/t29-/m0/s1. The van der Waals surface area contributed by atoms with E-state index < -0.39 is 34.3 Å². The molecule has 1 aliphatic carbocycles. The highest BCUT2D eigenvalue weighted by Crippen LogP contribution is 2.24. The Kier molecular flexibility index (Phi) is 9.99. The zero-order valence-corrected chi connectivity index (χ0v) is 24.1. The fourth-order valence-corrected chi connectivity index (χ4v) is 5.92. The number of nitrogens with zero attached hydrogens (tertiary/aromatic N) is 2. The number of halogens is 1. The number of carbonyl (C=O) groups is 2. The molecule has 218 valence electrons. The minimum atomic E-state index is -3.87. The molecule has 0 unspecified atom stereocenters. The van der Waals surface area contributed by atoms with Crippen molar-refractivity contribution in [2.75, 3.05) is 24.2 Å². The normalized spacial score (nSPS) is 14.3. The summed E-state index contributed by atoms with van der Waals surface area (Å²) in [7, 11) is -2.37.